The minimum Gasteiger partial charge on any atom is -0.439 e. The highest BCUT2D eigenvalue weighted by atomic mass is 19.1. The van der Waals surface area contributed by atoms with Gasteiger partial charge in [0, 0.05) is 18.6 Å². The van der Waals surface area contributed by atoms with Gasteiger partial charge in [0.05, 0.1) is 6.20 Å². The first-order valence-corrected chi connectivity index (χ1v) is 7.56. The number of unbranched alkanes of at least 4 members (excludes halogenated alkanes) is 1. The monoisotopic (exact) mass is 315 g/mol. The number of benzene rings is 1. The Hall–Kier alpha value is -2.47. The van der Waals surface area contributed by atoms with Gasteiger partial charge in [-0.05, 0) is 44.0 Å². The van der Waals surface area contributed by atoms with Gasteiger partial charge < -0.3 is 14.5 Å². The van der Waals surface area contributed by atoms with Crippen LogP contribution in [0.1, 0.15) is 24.4 Å². The normalized spacial score (nSPS) is 11.1. The van der Waals surface area contributed by atoms with E-state index in [1.807, 2.05) is 6.92 Å². The number of hydrogen-bond acceptors (Lipinski definition) is 4. The topological polar surface area (TPSA) is 74.9 Å². The Morgan fingerprint density at radius 2 is 2.00 bits per heavy atom. The number of H-pyrrole nitrogens is 1. The van der Waals surface area contributed by atoms with E-state index in [-0.39, 0.29) is 12.4 Å². The van der Waals surface area contributed by atoms with Crippen LogP contribution in [-0.4, -0.2) is 26.7 Å². The third-order valence-corrected chi connectivity index (χ3v) is 3.56. The van der Waals surface area contributed by atoms with Gasteiger partial charge in [-0.1, -0.05) is 0 Å². The summed E-state index contributed by atoms with van der Waals surface area (Å²) in [5, 5.41) is 8.95. The first-order valence-electron chi connectivity index (χ1n) is 7.56. The highest BCUT2D eigenvalue weighted by Crippen LogP contribution is 2.29. The quantitative estimate of drug-likeness (QED) is 0.683. The predicted octanol–water partition coefficient (Wildman–Crippen LogP) is 3.49. The van der Waals surface area contributed by atoms with Gasteiger partial charge in [0.2, 0.25) is 5.89 Å². The highest BCUT2D eigenvalue weighted by Gasteiger charge is 2.17. The lowest BCUT2D eigenvalue weighted by molar-refractivity contribution is 0.283. The summed E-state index contributed by atoms with van der Waals surface area (Å²) in [7, 11) is 0. The van der Waals surface area contributed by atoms with Crippen LogP contribution in [-0.2, 0) is 6.42 Å². The molecule has 0 atom stereocenters. The fraction of sp³-hybridized carbons (Fsp3) is 0.294. The molecule has 5 nitrogen and oxygen atoms in total. The van der Waals surface area contributed by atoms with E-state index in [2.05, 4.69) is 15.0 Å². The van der Waals surface area contributed by atoms with Crippen molar-refractivity contribution in [2.24, 2.45) is 0 Å². The van der Waals surface area contributed by atoms with Gasteiger partial charge in [-0.2, -0.15) is 0 Å². The first kappa shape index (κ1) is 15.4. The Balaban J connectivity index is 1.97. The minimum absolute atomic E-state index is 0.145. The Bertz CT molecular complexity index is 777. The van der Waals surface area contributed by atoms with E-state index >= 15 is 0 Å². The van der Waals surface area contributed by atoms with Gasteiger partial charge in [0.15, 0.2) is 0 Å². The molecule has 0 saturated carbocycles. The maximum Gasteiger partial charge on any atom is 0.245 e. The number of aromatic nitrogens is 3. The van der Waals surface area contributed by atoms with Gasteiger partial charge in [0.1, 0.15) is 28.8 Å². The number of rotatable bonds is 6. The van der Waals surface area contributed by atoms with Crippen LogP contribution >= 0.6 is 0 Å². The van der Waals surface area contributed by atoms with E-state index in [0.29, 0.717) is 30.1 Å². The molecule has 2 N–H and O–H groups in total. The summed E-state index contributed by atoms with van der Waals surface area (Å²) in [6.45, 7) is 2.00. The van der Waals surface area contributed by atoms with Crippen molar-refractivity contribution in [2.45, 2.75) is 26.2 Å². The largest absolute Gasteiger partial charge is 0.439 e. The van der Waals surface area contributed by atoms with Crippen LogP contribution in [0.3, 0.4) is 0 Å². The van der Waals surface area contributed by atoms with Crippen LogP contribution in [0, 0.1) is 12.7 Å². The van der Waals surface area contributed by atoms with E-state index in [4.69, 9.17) is 9.52 Å². The van der Waals surface area contributed by atoms with Crippen molar-refractivity contribution < 1.29 is 13.9 Å². The number of halogens is 1. The molecule has 0 unspecified atom stereocenters. The fourth-order valence-corrected chi connectivity index (χ4v) is 2.40. The van der Waals surface area contributed by atoms with Crippen molar-refractivity contribution in [3.05, 3.63) is 47.9 Å². The van der Waals surface area contributed by atoms with Crippen LogP contribution in [0.2, 0.25) is 0 Å². The number of oxazole rings is 1. The molecule has 0 amide bonds. The maximum absolute atomic E-state index is 13.1. The average Bonchev–Trinajstić information content (AvgIpc) is 3.15. The van der Waals surface area contributed by atoms with Gasteiger partial charge in [0.25, 0.3) is 0 Å². The zero-order valence-electron chi connectivity index (χ0n) is 12.8. The molecule has 120 valence electrons. The van der Waals surface area contributed by atoms with E-state index in [9.17, 15) is 4.39 Å². The molecule has 0 radical (unpaired) electrons. The SMILES string of the molecule is Cc1ncc(-c2nc(-c3ccc(F)cc3)c(CCCCO)o2)[nH]1. The number of aliphatic hydroxyl groups is 1. The number of aryl methyl sites for hydroxylation is 2. The molecule has 0 aliphatic rings. The molecule has 0 bridgehead atoms. The van der Waals surface area contributed by atoms with E-state index in [0.717, 1.165) is 23.6 Å². The number of aromatic amines is 1. The third-order valence-electron chi connectivity index (χ3n) is 3.56. The molecule has 1 aromatic carbocycles. The molecule has 0 fully saturated rings. The fourth-order valence-electron chi connectivity index (χ4n) is 2.40. The molecule has 0 aliphatic heterocycles. The Morgan fingerprint density at radius 3 is 2.65 bits per heavy atom. The number of aliphatic hydroxyl groups excluding tert-OH is 1. The molecule has 6 heteroatoms. The summed E-state index contributed by atoms with van der Waals surface area (Å²) < 4.78 is 19.0. The standard InChI is InChI=1S/C17H18FN3O2/c1-11-19-10-14(20-11)17-21-16(12-5-7-13(18)8-6-12)15(23-17)4-2-3-9-22/h5-8,10,22H,2-4,9H2,1H3,(H,19,20). The number of imidazole rings is 1. The summed E-state index contributed by atoms with van der Waals surface area (Å²) in [4.78, 5) is 11.8. The van der Waals surface area contributed by atoms with Crippen molar-refractivity contribution in [2.75, 3.05) is 6.61 Å². The van der Waals surface area contributed by atoms with Gasteiger partial charge in [-0.25, -0.2) is 14.4 Å². The van der Waals surface area contributed by atoms with Crippen molar-refractivity contribution in [3.63, 3.8) is 0 Å². The van der Waals surface area contributed by atoms with E-state index in [1.165, 1.54) is 12.1 Å². The van der Waals surface area contributed by atoms with Crippen molar-refractivity contribution >= 4 is 0 Å². The van der Waals surface area contributed by atoms with Gasteiger partial charge in [-0.15, -0.1) is 0 Å². The molecule has 0 aliphatic carbocycles. The second-order valence-electron chi connectivity index (χ2n) is 5.36. The zero-order valence-corrected chi connectivity index (χ0v) is 12.8. The van der Waals surface area contributed by atoms with Crippen LogP contribution in [0.25, 0.3) is 22.8 Å². The molecule has 2 heterocycles. The maximum atomic E-state index is 13.1. The smallest absolute Gasteiger partial charge is 0.245 e. The molecule has 0 saturated heterocycles. The summed E-state index contributed by atoms with van der Waals surface area (Å²) in [5.41, 5.74) is 2.21. The van der Waals surface area contributed by atoms with Crippen molar-refractivity contribution in [1.82, 2.24) is 15.0 Å². The molecular formula is C17H18FN3O2. The second kappa shape index (κ2) is 6.75. The lowest BCUT2D eigenvalue weighted by Crippen LogP contribution is -1.90. The number of hydrogen-bond donors (Lipinski definition) is 2. The Kier molecular flexibility index (Phi) is 4.52. The minimum atomic E-state index is -0.288. The molecular weight excluding hydrogens is 297 g/mol. The van der Waals surface area contributed by atoms with Crippen LogP contribution in [0.15, 0.2) is 34.9 Å². The molecule has 3 rings (SSSR count). The second-order valence-corrected chi connectivity index (χ2v) is 5.36. The van der Waals surface area contributed by atoms with Crippen molar-refractivity contribution in [3.8, 4) is 22.8 Å². The summed E-state index contributed by atoms with van der Waals surface area (Å²) in [6.07, 6.45) is 3.82. The molecule has 3 aromatic rings. The number of nitrogens with zero attached hydrogens (tertiary/aromatic N) is 2. The third kappa shape index (κ3) is 3.48. The van der Waals surface area contributed by atoms with Crippen LogP contribution in [0.5, 0.6) is 0 Å². The highest BCUT2D eigenvalue weighted by molar-refractivity contribution is 5.64. The summed E-state index contributed by atoms with van der Waals surface area (Å²) in [5.74, 6) is 1.68. The van der Waals surface area contributed by atoms with Gasteiger partial charge in [-0.3, -0.25) is 0 Å². The Morgan fingerprint density at radius 1 is 1.22 bits per heavy atom. The van der Waals surface area contributed by atoms with Crippen LogP contribution < -0.4 is 0 Å². The van der Waals surface area contributed by atoms with Gasteiger partial charge >= 0.3 is 0 Å². The summed E-state index contributed by atoms with van der Waals surface area (Å²) in [6, 6.07) is 6.18. The molecule has 23 heavy (non-hydrogen) atoms. The molecule has 2 aromatic heterocycles. The predicted molar refractivity (Wildman–Crippen MR) is 84.2 cm³/mol. The first-order chi connectivity index (χ1) is 11.2. The zero-order chi connectivity index (χ0) is 16.2. The summed E-state index contributed by atoms with van der Waals surface area (Å²) >= 11 is 0. The Labute approximate surface area is 133 Å². The van der Waals surface area contributed by atoms with E-state index in [1.54, 1.807) is 18.3 Å². The lowest BCUT2D eigenvalue weighted by Gasteiger charge is -2.00. The van der Waals surface area contributed by atoms with Crippen molar-refractivity contribution in [1.29, 1.82) is 0 Å². The average molecular weight is 315 g/mol. The van der Waals surface area contributed by atoms with Crippen LogP contribution in [0.4, 0.5) is 4.39 Å². The molecule has 0 spiro atoms. The lowest BCUT2D eigenvalue weighted by atomic mass is 10.1. The van der Waals surface area contributed by atoms with E-state index < -0.39 is 0 Å². The number of nitrogens with one attached hydrogen (secondary N) is 1.